The van der Waals surface area contributed by atoms with Crippen molar-refractivity contribution in [1.82, 2.24) is 9.97 Å². The standard InChI is InChI=1S/C16H11FN2O2S/c1-21-16(20)11-7-12-13(6-9(17)8-18-12)19-15(11)10-4-2-3-5-14(10)22/h2-8,22H,1H3. The number of thiol groups is 1. The lowest BCUT2D eigenvalue weighted by Gasteiger charge is -2.10. The van der Waals surface area contributed by atoms with E-state index in [2.05, 4.69) is 22.6 Å². The van der Waals surface area contributed by atoms with E-state index in [1.54, 1.807) is 18.2 Å². The van der Waals surface area contributed by atoms with Gasteiger partial charge >= 0.3 is 5.97 Å². The topological polar surface area (TPSA) is 52.1 Å². The van der Waals surface area contributed by atoms with Crippen LogP contribution in [0.15, 0.2) is 47.5 Å². The summed E-state index contributed by atoms with van der Waals surface area (Å²) in [5.74, 6) is -1.02. The van der Waals surface area contributed by atoms with Gasteiger partial charge in [-0.25, -0.2) is 14.2 Å². The molecule has 0 spiro atoms. The quantitative estimate of drug-likeness (QED) is 0.581. The van der Waals surface area contributed by atoms with Gasteiger partial charge in [0.1, 0.15) is 5.82 Å². The number of nitrogens with zero attached hydrogens (tertiary/aromatic N) is 2. The number of halogens is 1. The molecule has 110 valence electrons. The number of ether oxygens (including phenoxy) is 1. The van der Waals surface area contributed by atoms with Crippen molar-refractivity contribution in [2.75, 3.05) is 7.11 Å². The van der Waals surface area contributed by atoms with Gasteiger partial charge in [-0.2, -0.15) is 0 Å². The highest BCUT2D eigenvalue weighted by Crippen LogP contribution is 2.30. The third kappa shape index (κ3) is 2.53. The van der Waals surface area contributed by atoms with Crippen molar-refractivity contribution in [3.05, 3.63) is 54.0 Å². The Hall–Kier alpha value is -2.47. The Morgan fingerprint density at radius 3 is 2.73 bits per heavy atom. The van der Waals surface area contributed by atoms with E-state index in [-0.39, 0.29) is 5.56 Å². The molecule has 0 amide bonds. The van der Waals surface area contributed by atoms with E-state index in [0.717, 1.165) is 6.20 Å². The highest BCUT2D eigenvalue weighted by Gasteiger charge is 2.18. The molecule has 0 atom stereocenters. The normalized spacial score (nSPS) is 10.7. The zero-order valence-electron chi connectivity index (χ0n) is 11.6. The molecule has 0 aliphatic heterocycles. The largest absolute Gasteiger partial charge is 0.465 e. The lowest BCUT2D eigenvalue weighted by molar-refractivity contribution is 0.0601. The van der Waals surface area contributed by atoms with Gasteiger partial charge in [0.05, 0.1) is 35.6 Å². The molecule has 0 N–H and O–H groups in total. The highest BCUT2D eigenvalue weighted by molar-refractivity contribution is 7.80. The minimum absolute atomic E-state index is 0.260. The van der Waals surface area contributed by atoms with Gasteiger partial charge in [0.2, 0.25) is 0 Å². The molecule has 4 nitrogen and oxygen atoms in total. The predicted octanol–water partition coefficient (Wildman–Crippen LogP) is 3.51. The Kier molecular flexibility index (Phi) is 3.77. The molecule has 3 rings (SSSR count). The fourth-order valence-electron chi connectivity index (χ4n) is 2.17. The number of rotatable bonds is 2. The first-order valence-corrected chi connectivity index (χ1v) is 6.88. The number of methoxy groups -OCH3 is 1. The first-order valence-electron chi connectivity index (χ1n) is 6.43. The molecular formula is C16H11FN2O2S. The molecule has 22 heavy (non-hydrogen) atoms. The Bertz CT molecular complexity index is 883. The van der Waals surface area contributed by atoms with Crippen LogP contribution in [0.2, 0.25) is 0 Å². The minimum Gasteiger partial charge on any atom is -0.465 e. The lowest BCUT2D eigenvalue weighted by atomic mass is 10.0. The second-order valence-corrected chi connectivity index (χ2v) is 5.07. The SMILES string of the molecule is COC(=O)c1cc2ncc(F)cc2nc1-c1ccccc1S. The summed E-state index contributed by atoms with van der Waals surface area (Å²) in [5.41, 5.74) is 2.09. The lowest BCUT2D eigenvalue weighted by Crippen LogP contribution is -2.06. The number of hydrogen-bond acceptors (Lipinski definition) is 5. The molecule has 2 aromatic heterocycles. The maximum absolute atomic E-state index is 13.4. The molecule has 6 heteroatoms. The van der Waals surface area contributed by atoms with Gasteiger partial charge in [0, 0.05) is 16.5 Å². The molecule has 0 aliphatic rings. The van der Waals surface area contributed by atoms with Gasteiger partial charge in [-0.3, -0.25) is 4.98 Å². The monoisotopic (exact) mass is 314 g/mol. The van der Waals surface area contributed by atoms with Crippen LogP contribution in [-0.2, 0) is 4.74 Å². The van der Waals surface area contributed by atoms with Crippen molar-refractivity contribution in [2.24, 2.45) is 0 Å². The van der Waals surface area contributed by atoms with E-state index in [9.17, 15) is 9.18 Å². The van der Waals surface area contributed by atoms with E-state index in [4.69, 9.17) is 4.74 Å². The van der Waals surface area contributed by atoms with Crippen LogP contribution < -0.4 is 0 Å². The Balaban J connectivity index is 2.35. The average Bonchev–Trinajstić information content (AvgIpc) is 2.53. The van der Waals surface area contributed by atoms with Crippen LogP contribution in [0.5, 0.6) is 0 Å². The number of hydrogen-bond donors (Lipinski definition) is 1. The molecule has 0 saturated carbocycles. The molecule has 0 saturated heterocycles. The molecule has 0 unspecified atom stereocenters. The number of fused-ring (bicyclic) bond motifs is 1. The van der Waals surface area contributed by atoms with E-state index in [1.165, 1.54) is 13.2 Å². The Morgan fingerprint density at radius 2 is 2.00 bits per heavy atom. The molecular weight excluding hydrogens is 303 g/mol. The van der Waals surface area contributed by atoms with Crippen LogP contribution in [0.3, 0.4) is 0 Å². The smallest absolute Gasteiger partial charge is 0.340 e. The number of aromatic nitrogens is 2. The van der Waals surface area contributed by atoms with Gasteiger partial charge in [0.25, 0.3) is 0 Å². The Labute approximate surface area is 131 Å². The van der Waals surface area contributed by atoms with Crippen LogP contribution in [0.4, 0.5) is 4.39 Å². The van der Waals surface area contributed by atoms with Crippen LogP contribution in [0.1, 0.15) is 10.4 Å². The number of carbonyl (C=O) groups excluding carboxylic acids is 1. The van der Waals surface area contributed by atoms with Gasteiger partial charge in [0.15, 0.2) is 0 Å². The molecule has 0 aliphatic carbocycles. The van der Waals surface area contributed by atoms with Gasteiger partial charge in [-0.15, -0.1) is 12.6 Å². The first kappa shape index (κ1) is 14.5. The van der Waals surface area contributed by atoms with Gasteiger partial charge in [-0.05, 0) is 12.1 Å². The molecule has 0 fully saturated rings. The maximum Gasteiger partial charge on any atom is 0.340 e. The fraction of sp³-hybridized carbons (Fsp3) is 0.0625. The molecule has 0 radical (unpaired) electrons. The van der Waals surface area contributed by atoms with Crippen molar-refractivity contribution in [1.29, 1.82) is 0 Å². The highest BCUT2D eigenvalue weighted by atomic mass is 32.1. The van der Waals surface area contributed by atoms with Crippen molar-refractivity contribution in [2.45, 2.75) is 4.90 Å². The van der Waals surface area contributed by atoms with Crippen molar-refractivity contribution < 1.29 is 13.9 Å². The summed E-state index contributed by atoms with van der Waals surface area (Å²) in [6, 6.07) is 10.0. The van der Waals surface area contributed by atoms with Crippen LogP contribution in [0.25, 0.3) is 22.3 Å². The van der Waals surface area contributed by atoms with Crippen molar-refractivity contribution in [3.63, 3.8) is 0 Å². The molecule has 0 bridgehead atoms. The molecule has 1 aromatic carbocycles. The second-order valence-electron chi connectivity index (χ2n) is 4.59. The van der Waals surface area contributed by atoms with E-state index in [0.29, 0.717) is 27.2 Å². The van der Waals surface area contributed by atoms with E-state index in [1.807, 2.05) is 12.1 Å². The maximum atomic E-state index is 13.4. The second kappa shape index (κ2) is 5.73. The van der Waals surface area contributed by atoms with Crippen molar-refractivity contribution in [3.8, 4) is 11.3 Å². The molecule has 3 aromatic rings. The number of benzene rings is 1. The summed E-state index contributed by atoms with van der Waals surface area (Å²) in [6.45, 7) is 0. The summed E-state index contributed by atoms with van der Waals surface area (Å²) in [6.07, 6.45) is 1.08. The zero-order valence-corrected chi connectivity index (χ0v) is 12.5. The number of pyridine rings is 2. The third-order valence-electron chi connectivity index (χ3n) is 3.20. The van der Waals surface area contributed by atoms with Crippen LogP contribution >= 0.6 is 12.6 Å². The third-order valence-corrected chi connectivity index (χ3v) is 3.59. The summed E-state index contributed by atoms with van der Waals surface area (Å²) in [7, 11) is 1.29. The number of esters is 1. The summed E-state index contributed by atoms with van der Waals surface area (Å²) < 4.78 is 18.2. The minimum atomic E-state index is -0.535. The average molecular weight is 314 g/mol. The number of carbonyl (C=O) groups is 1. The van der Waals surface area contributed by atoms with Crippen LogP contribution in [-0.4, -0.2) is 23.0 Å². The van der Waals surface area contributed by atoms with Gasteiger partial charge < -0.3 is 4.74 Å². The van der Waals surface area contributed by atoms with Crippen LogP contribution in [0, 0.1) is 5.82 Å². The zero-order chi connectivity index (χ0) is 15.7. The summed E-state index contributed by atoms with van der Waals surface area (Å²) >= 11 is 4.39. The van der Waals surface area contributed by atoms with E-state index >= 15 is 0 Å². The van der Waals surface area contributed by atoms with E-state index < -0.39 is 11.8 Å². The fourth-order valence-corrected chi connectivity index (χ4v) is 2.44. The van der Waals surface area contributed by atoms with Gasteiger partial charge in [-0.1, -0.05) is 18.2 Å². The Morgan fingerprint density at radius 1 is 1.23 bits per heavy atom. The summed E-state index contributed by atoms with van der Waals surface area (Å²) in [4.78, 5) is 21.0. The first-order chi connectivity index (χ1) is 10.6. The summed E-state index contributed by atoms with van der Waals surface area (Å²) in [5, 5.41) is 0. The predicted molar refractivity (Wildman–Crippen MR) is 83.5 cm³/mol. The molecule has 2 heterocycles. The van der Waals surface area contributed by atoms with Crippen molar-refractivity contribution >= 4 is 29.6 Å².